The van der Waals surface area contributed by atoms with Crippen molar-refractivity contribution in [3.8, 4) is 0 Å². The van der Waals surface area contributed by atoms with Gasteiger partial charge in [-0.3, -0.25) is 14.4 Å². The largest absolute Gasteiger partial charge is 0.395 e. The van der Waals surface area contributed by atoms with Crippen molar-refractivity contribution in [2.45, 2.75) is 30.6 Å². The number of amides is 3. The van der Waals surface area contributed by atoms with Crippen LogP contribution in [0.25, 0.3) is 0 Å². The number of anilines is 1. The van der Waals surface area contributed by atoms with E-state index in [0.29, 0.717) is 30.1 Å². The van der Waals surface area contributed by atoms with Crippen molar-refractivity contribution in [1.82, 2.24) is 9.80 Å². The number of hydrogen-bond acceptors (Lipinski definition) is 5. The van der Waals surface area contributed by atoms with Crippen molar-refractivity contribution >= 4 is 35.0 Å². The Labute approximate surface area is 204 Å². The molecule has 3 heterocycles. The molecule has 3 aliphatic heterocycles. The molecular formula is C25H30ClN3O5. The number of halogens is 1. The summed E-state index contributed by atoms with van der Waals surface area (Å²) in [5.74, 6) is -2.30. The van der Waals surface area contributed by atoms with E-state index in [9.17, 15) is 19.5 Å². The van der Waals surface area contributed by atoms with E-state index in [-0.39, 0.29) is 37.4 Å². The van der Waals surface area contributed by atoms with Crippen LogP contribution in [0, 0.1) is 11.8 Å². The minimum absolute atomic E-state index is 0.0204. The van der Waals surface area contributed by atoms with Gasteiger partial charge in [0.05, 0.1) is 24.5 Å². The molecule has 3 fully saturated rings. The zero-order valence-electron chi connectivity index (χ0n) is 19.2. The van der Waals surface area contributed by atoms with Crippen molar-refractivity contribution < 1.29 is 24.2 Å². The van der Waals surface area contributed by atoms with Crippen LogP contribution in [0.5, 0.6) is 0 Å². The predicted octanol–water partition coefficient (Wildman–Crippen LogP) is 1.87. The molecule has 1 spiro atoms. The van der Waals surface area contributed by atoms with E-state index in [1.807, 2.05) is 0 Å². The van der Waals surface area contributed by atoms with Gasteiger partial charge in [0, 0.05) is 37.4 Å². The van der Waals surface area contributed by atoms with Gasteiger partial charge in [0.2, 0.25) is 11.8 Å². The molecule has 9 heteroatoms. The SMILES string of the molecule is C=CCN(C)C(=O)[C@@H]1[C@H]2C(=O)N(CCO)C(C(=O)N(CC=C)c3ccc(Cl)cc3)C23CC[C@H]1O3. The van der Waals surface area contributed by atoms with Gasteiger partial charge in [-0.05, 0) is 37.1 Å². The van der Waals surface area contributed by atoms with Gasteiger partial charge in [-0.1, -0.05) is 23.8 Å². The lowest BCUT2D eigenvalue weighted by atomic mass is 9.70. The van der Waals surface area contributed by atoms with Gasteiger partial charge in [-0.2, -0.15) is 0 Å². The topological polar surface area (TPSA) is 90.4 Å². The van der Waals surface area contributed by atoms with E-state index in [1.54, 1.807) is 48.4 Å². The Balaban J connectivity index is 1.74. The second-order valence-electron chi connectivity index (χ2n) is 9.03. The lowest BCUT2D eigenvalue weighted by Crippen LogP contribution is -2.57. The van der Waals surface area contributed by atoms with Crippen molar-refractivity contribution in [2.24, 2.45) is 11.8 Å². The van der Waals surface area contributed by atoms with E-state index >= 15 is 0 Å². The number of carbonyl (C=O) groups excluding carboxylic acids is 3. The second-order valence-corrected chi connectivity index (χ2v) is 9.47. The van der Waals surface area contributed by atoms with Gasteiger partial charge in [-0.25, -0.2) is 0 Å². The zero-order chi connectivity index (χ0) is 24.6. The maximum atomic E-state index is 14.1. The van der Waals surface area contributed by atoms with Crippen LogP contribution < -0.4 is 4.90 Å². The highest BCUT2D eigenvalue weighted by atomic mass is 35.5. The molecule has 4 rings (SSSR count). The fourth-order valence-electron chi connectivity index (χ4n) is 5.82. The summed E-state index contributed by atoms with van der Waals surface area (Å²) in [6.07, 6.45) is 3.88. The molecule has 0 radical (unpaired) electrons. The molecule has 1 aromatic rings. The standard InChI is InChI=1S/C25H30ClN3O5/c1-4-12-27(3)22(31)19-18-10-11-25(34-18)20(19)23(32)29(14-15-30)21(25)24(33)28(13-5-2)17-8-6-16(26)7-9-17/h4-9,18-21,30H,1-2,10-15H2,3H3/t18-,19+,20+,21?,25?/m1/s1. The summed E-state index contributed by atoms with van der Waals surface area (Å²) in [6, 6.07) is 5.88. The van der Waals surface area contributed by atoms with E-state index in [2.05, 4.69) is 13.2 Å². The third kappa shape index (κ3) is 3.74. The number of carbonyl (C=O) groups is 3. The summed E-state index contributed by atoms with van der Waals surface area (Å²) in [5.41, 5.74) is -0.508. The van der Waals surface area contributed by atoms with Crippen molar-refractivity contribution in [1.29, 1.82) is 0 Å². The first-order valence-corrected chi connectivity index (χ1v) is 11.8. The van der Waals surface area contributed by atoms with E-state index in [4.69, 9.17) is 16.3 Å². The number of hydrogen-bond donors (Lipinski definition) is 1. The Bertz CT molecular complexity index is 999. The van der Waals surface area contributed by atoms with E-state index in [1.165, 1.54) is 9.80 Å². The fraction of sp³-hybridized carbons (Fsp3) is 0.480. The smallest absolute Gasteiger partial charge is 0.253 e. The van der Waals surface area contributed by atoms with Crippen LogP contribution in [0.1, 0.15) is 12.8 Å². The molecule has 3 aliphatic rings. The minimum Gasteiger partial charge on any atom is -0.395 e. The maximum Gasteiger partial charge on any atom is 0.253 e. The fourth-order valence-corrected chi connectivity index (χ4v) is 5.95. The lowest BCUT2D eigenvalue weighted by Gasteiger charge is -2.36. The quantitative estimate of drug-likeness (QED) is 0.537. The van der Waals surface area contributed by atoms with Crippen LogP contribution in [0.4, 0.5) is 5.69 Å². The van der Waals surface area contributed by atoms with Gasteiger partial charge < -0.3 is 24.5 Å². The molecule has 182 valence electrons. The Morgan fingerprint density at radius 1 is 1.24 bits per heavy atom. The number of likely N-dealkylation sites (tertiary alicyclic amines) is 1. The molecule has 2 unspecified atom stereocenters. The third-order valence-electron chi connectivity index (χ3n) is 7.16. The maximum absolute atomic E-state index is 14.1. The number of benzene rings is 1. The van der Waals surface area contributed by atoms with Crippen LogP contribution in [-0.2, 0) is 19.1 Å². The van der Waals surface area contributed by atoms with Crippen molar-refractivity contribution in [3.63, 3.8) is 0 Å². The molecule has 0 aliphatic carbocycles. The number of aliphatic hydroxyl groups is 1. The number of rotatable bonds is 9. The van der Waals surface area contributed by atoms with Gasteiger partial charge >= 0.3 is 0 Å². The monoisotopic (exact) mass is 487 g/mol. The molecule has 0 aromatic heterocycles. The normalized spacial score (nSPS) is 29.1. The van der Waals surface area contributed by atoms with Gasteiger partial charge in [-0.15, -0.1) is 13.2 Å². The summed E-state index contributed by atoms with van der Waals surface area (Å²) in [4.78, 5) is 45.5. The van der Waals surface area contributed by atoms with E-state index in [0.717, 1.165) is 0 Å². The molecule has 1 aromatic carbocycles. The van der Waals surface area contributed by atoms with Crippen LogP contribution in [0.3, 0.4) is 0 Å². The van der Waals surface area contributed by atoms with Gasteiger partial charge in [0.1, 0.15) is 11.6 Å². The number of ether oxygens (including phenoxy) is 1. The van der Waals surface area contributed by atoms with Crippen LogP contribution in [-0.4, -0.2) is 83.7 Å². The summed E-state index contributed by atoms with van der Waals surface area (Å²) < 4.78 is 6.40. The third-order valence-corrected chi connectivity index (χ3v) is 7.41. The summed E-state index contributed by atoms with van der Waals surface area (Å²) in [7, 11) is 1.67. The first kappa shape index (κ1) is 24.4. The minimum atomic E-state index is -1.12. The Kier molecular flexibility index (Phi) is 6.85. The highest BCUT2D eigenvalue weighted by molar-refractivity contribution is 6.30. The van der Waals surface area contributed by atoms with Gasteiger partial charge in [0.15, 0.2) is 0 Å². The zero-order valence-corrected chi connectivity index (χ0v) is 20.0. The lowest BCUT2D eigenvalue weighted by molar-refractivity contribution is -0.144. The molecule has 3 amide bonds. The summed E-state index contributed by atoms with van der Waals surface area (Å²) in [6.45, 7) is 7.70. The van der Waals surface area contributed by atoms with Crippen molar-refractivity contribution in [2.75, 3.05) is 38.2 Å². The second kappa shape index (κ2) is 9.52. The number of fused-ring (bicyclic) bond motifs is 1. The highest BCUT2D eigenvalue weighted by Crippen LogP contribution is 2.58. The van der Waals surface area contributed by atoms with E-state index < -0.39 is 29.6 Å². The molecule has 5 atom stereocenters. The first-order chi connectivity index (χ1) is 16.3. The van der Waals surface area contributed by atoms with Crippen LogP contribution in [0.15, 0.2) is 49.6 Å². The summed E-state index contributed by atoms with van der Waals surface area (Å²) in [5, 5.41) is 10.3. The summed E-state index contributed by atoms with van der Waals surface area (Å²) >= 11 is 6.03. The number of β-amino-alcohol motifs (C(OH)–C–C–N with tert-alkyl or cyclic N) is 1. The average Bonchev–Trinajstić information content (AvgIpc) is 3.45. The molecule has 0 saturated carbocycles. The molecule has 8 nitrogen and oxygen atoms in total. The Morgan fingerprint density at radius 3 is 2.53 bits per heavy atom. The average molecular weight is 488 g/mol. The molecular weight excluding hydrogens is 458 g/mol. The molecule has 3 saturated heterocycles. The Morgan fingerprint density at radius 2 is 1.91 bits per heavy atom. The van der Waals surface area contributed by atoms with Crippen molar-refractivity contribution in [3.05, 3.63) is 54.6 Å². The van der Waals surface area contributed by atoms with Crippen LogP contribution >= 0.6 is 11.6 Å². The first-order valence-electron chi connectivity index (χ1n) is 11.4. The molecule has 2 bridgehead atoms. The highest BCUT2D eigenvalue weighted by Gasteiger charge is 2.74. The molecule has 34 heavy (non-hydrogen) atoms. The van der Waals surface area contributed by atoms with Gasteiger partial charge in [0.25, 0.3) is 5.91 Å². The number of likely N-dealkylation sites (N-methyl/N-ethyl adjacent to an activating group) is 1. The Hall–Kier alpha value is -2.68. The number of nitrogens with zero attached hydrogens (tertiary/aromatic N) is 3. The molecule has 1 N–H and O–H groups in total. The predicted molar refractivity (Wildman–Crippen MR) is 128 cm³/mol. The van der Waals surface area contributed by atoms with Crippen LogP contribution in [0.2, 0.25) is 5.02 Å². The number of aliphatic hydroxyl groups excluding tert-OH is 1.